The van der Waals surface area contributed by atoms with Gasteiger partial charge in [0.05, 0.1) is 10.5 Å². The fourth-order valence-corrected chi connectivity index (χ4v) is 1.81. The van der Waals surface area contributed by atoms with Crippen LogP contribution in [0, 0.1) is 5.95 Å². The molecule has 0 saturated heterocycles. The number of hydrogen-bond donors (Lipinski definition) is 0. The number of aromatic nitrogens is 2. The topological polar surface area (TPSA) is 35.0 Å². The first-order chi connectivity index (χ1) is 7.65. The van der Waals surface area contributed by atoms with Crippen LogP contribution in [-0.2, 0) is 0 Å². The van der Waals surface area contributed by atoms with Gasteiger partial charge >= 0.3 is 0 Å². The second kappa shape index (κ2) is 4.76. The van der Waals surface area contributed by atoms with Gasteiger partial charge in [-0.2, -0.15) is 4.39 Å². The van der Waals surface area contributed by atoms with Crippen molar-refractivity contribution in [1.29, 1.82) is 0 Å². The largest absolute Gasteiger partial charge is 0.438 e. The van der Waals surface area contributed by atoms with Crippen LogP contribution in [0.5, 0.6) is 11.6 Å². The molecule has 0 aliphatic carbocycles. The van der Waals surface area contributed by atoms with Crippen LogP contribution in [0.15, 0.2) is 35.1 Å². The lowest BCUT2D eigenvalue weighted by atomic mass is 10.3. The maximum atomic E-state index is 12.8. The van der Waals surface area contributed by atoms with Gasteiger partial charge in [0.15, 0.2) is 0 Å². The molecule has 0 fully saturated rings. The predicted molar refractivity (Wildman–Crippen MR) is 61.2 cm³/mol. The van der Waals surface area contributed by atoms with Gasteiger partial charge in [-0.3, -0.25) is 0 Å². The zero-order valence-corrected chi connectivity index (χ0v) is 10.2. The molecule has 2 rings (SSSR count). The summed E-state index contributed by atoms with van der Waals surface area (Å²) in [7, 11) is 0. The fraction of sp³-hybridized carbons (Fsp3) is 0. The maximum absolute atomic E-state index is 12.8. The molecule has 0 bridgehead atoms. The molecule has 0 aliphatic heterocycles. The van der Waals surface area contributed by atoms with Gasteiger partial charge in [-0.15, -0.1) is 0 Å². The van der Waals surface area contributed by atoms with E-state index in [0.717, 1.165) is 12.4 Å². The molecular weight excluding hydrogens is 298 g/mol. The minimum Gasteiger partial charge on any atom is -0.438 e. The zero-order chi connectivity index (χ0) is 11.5. The average molecular weight is 304 g/mol. The molecule has 16 heavy (non-hydrogen) atoms. The van der Waals surface area contributed by atoms with E-state index in [1.807, 2.05) is 0 Å². The third-order valence-corrected chi connectivity index (χ3v) is 2.57. The standard InChI is InChI=1S/C10H5BrClFN2O/c11-7-3-6(12)1-2-8(7)16-10-4-9(13)14-5-15-10/h1-5H. The molecule has 1 aromatic heterocycles. The van der Waals surface area contributed by atoms with Crippen LogP contribution >= 0.6 is 27.5 Å². The lowest BCUT2D eigenvalue weighted by molar-refractivity contribution is 0.448. The highest BCUT2D eigenvalue weighted by molar-refractivity contribution is 9.10. The van der Waals surface area contributed by atoms with Crippen LogP contribution < -0.4 is 4.74 Å². The van der Waals surface area contributed by atoms with Gasteiger partial charge < -0.3 is 4.74 Å². The Balaban J connectivity index is 2.27. The van der Waals surface area contributed by atoms with Gasteiger partial charge in [0.1, 0.15) is 12.1 Å². The van der Waals surface area contributed by atoms with E-state index in [-0.39, 0.29) is 5.88 Å². The van der Waals surface area contributed by atoms with Gasteiger partial charge in [0, 0.05) is 5.02 Å². The molecule has 0 aliphatic rings. The van der Waals surface area contributed by atoms with Crippen LogP contribution in [0.1, 0.15) is 0 Å². The fourth-order valence-electron chi connectivity index (χ4n) is 1.04. The average Bonchev–Trinajstić information content (AvgIpc) is 2.22. The molecule has 6 heteroatoms. The second-order valence-electron chi connectivity index (χ2n) is 2.86. The Bertz CT molecular complexity index is 524. The Morgan fingerprint density at radius 1 is 1.25 bits per heavy atom. The summed E-state index contributed by atoms with van der Waals surface area (Å²) >= 11 is 9.05. The monoisotopic (exact) mass is 302 g/mol. The predicted octanol–water partition coefficient (Wildman–Crippen LogP) is 3.82. The highest BCUT2D eigenvalue weighted by Crippen LogP contribution is 2.30. The Kier molecular flexibility index (Phi) is 3.36. The molecular formula is C10H5BrClFN2O. The minimum atomic E-state index is -0.643. The van der Waals surface area contributed by atoms with E-state index in [9.17, 15) is 4.39 Å². The molecule has 2 aromatic rings. The van der Waals surface area contributed by atoms with Gasteiger partial charge in [0.25, 0.3) is 0 Å². The lowest BCUT2D eigenvalue weighted by Gasteiger charge is -2.06. The van der Waals surface area contributed by atoms with Crippen molar-refractivity contribution in [2.45, 2.75) is 0 Å². The van der Waals surface area contributed by atoms with Gasteiger partial charge in [0.2, 0.25) is 11.8 Å². The third-order valence-electron chi connectivity index (χ3n) is 1.72. The van der Waals surface area contributed by atoms with Crippen molar-refractivity contribution < 1.29 is 9.13 Å². The normalized spacial score (nSPS) is 10.2. The summed E-state index contributed by atoms with van der Waals surface area (Å²) in [5, 5.41) is 0.577. The number of halogens is 3. The third kappa shape index (κ3) is 2.68. The molecule has 0 spiro atoms. The van der Waals surface area contributed by atoms with Crippen molar-refractivity contribution in [1.82, 2.24) is 9.97 Å². The summed E-state index contributed by atoms with van der Waals surface area (Å²) in [6.45, 7) is 0. The van der Waals surface area contributed by atoms with Crippen molar-refractivity contribution in [2.24, 2.45) is 0 Å². The van der Waals surface area contributed by atoms with Crippen LogP contribution in [0.4, 0.5) is 4.39 Å². The highest BCUT2D eigenvalue weighted by Gasteiger charge is 2.05. The molecule has 1 aromatic carbocycles. The molecule has 0 saturated carbocycles. The lowest BCUT2D eigenvalue weighted by Crippen LogP contribution is -1.91. The molecule has 3 nitrogen and oxygen atoms in total. The first kappa shape index (κ1) is 11.3. The number of rotatable bonds is 2. The number of benzene rings is 1. The van der Waals surface area contributed by atoms with Crippen LogP contribution in [0.25, 0.3) is 0 Å². The Morgan fingerprint density at radius 3 is 2.75 bits per heavy atom. The number of nitrogens with zero attached hydrogens (tertiary/aromatic N) is 2. The minimum absolute atomic E-state index is 0.135. The van der Waals surface area contributed by atoms with Crippen molar-refractivity contribution in [3.8, 4) is 11.6 Å². The summed E-state index contributed by atoms with van der Waals surface area (Å²) in [5.74, 6) is -0.00638. The second-order valence-corrected chi connectivity index (χ2v) is 4.15. The van der Waals surface area contributed by atoms with Crippen LogP contribution in [0.3, 0.4) is 0 Å². The molecule has 0 radical (unpaired) electrons. The van der Waals surface area contributed by atoms with E-state index in [1.165, 1.54) is 0 Å². The first-order valence-corrected chi connectivity index (χ1v) is 5.43. The maximum Gasteiger partial charge on any atom is 0.225 e. The zero-order valence-electron chi connectivity index (χ0n) is 7.82. The van der Waals surface area contributed by atoms with Crippen molar-refractivity contribution in [2.75, 3.05) is 0 Å². The number of hydrogen-bond acceptors (Lipinski definition) is 3. The van der Waals surface area contributed by atoms with E-state index >= 15 is 0 Å². The van der Waals surface area contributed by atoms with Gasteiger partial charge in [-0.1, -0.05) is 11.6 Å². The summed E-state index contributed by atoms with van der Waals surface area (Å²) in [6.07, 6.45) is 1.09. The van der Waals surface area contributed by atoms with E-state index in [2.05, 4.69) is 25.9 Å². The Labute approximate surface area is 104 Å². The van der Waals surface area contributed by atoms with E-state index in [4.69, 9.17) is 16.3 Å². The smallest absolute Gasteiger partial charge is 0.225 e. The van der Waals surface area contributed by atoms with E-state index < -0.39 is 5.95 Å². The Hall–Kier alpha value is -1.20. The first-order valence-electron chi connectivity index (χ1n) is 4.25. The van der Waals surface area contributed by atoms with Crippen molar-refractivity contribution >= 4 is 27.5 Å². The Morgan fingerprint density at radius 2 is 2.06 bits per heavy atom. The van der Waals surface area contributed by atoms with Gasteiger partial charge in [-0.25, -0.2) is 9.97 Å². The molecule has 82 valence electrons. The highest BCUT2D eigenvalue weighted by atomic mass is 79.9. The summed E-state index contributed by atoms with van der Waals surface area (Å²) in [6, 6.07) is 6.10. The van der Waals surface area contributed by atoms with Crippen molar-refractivity contribution in [3.63, 3.8) is 0 Å². The molecule has 1 heterocycles. The van der Waals surface area contributed by atoms with Crippen LogP contribution in [0.2, 0.25) is 5.02 Å². The van der Waals surface area contributed by atoms with E-state index in [0.29, 0.717) is 15.2 Å². The van der Waals surface area contributed by atoms with Crippen molar-refractivity contribution in [3.05, 3.63) is 46.0 Å². The molecule has 0 unspecified atom stereocenters. The number of ether oxygens (including phenoxy) is 1. The van der Waals surface area contributed by atoms with E-state index in [1.54, 1.807) is 18.2 Å². The van der Waals surface area contributed by atoms with Gasteiger partial charge in [-0.05, 0) is 34.1 Å². The molecule has 0 amide bonds. The summed E-state index contributed by atoms with van der Waals surface area (Å²) in [5.41, 5.74) is 0. The SMILES string of the molecule is Fc1cc(Oc2ccc(Cl)cc2Br)ncn1. The molecule has 0 N–H and O–H groups in total. The van der Waals surface area contributed by atoms with Crippen LogP contribution in [-0.4, -0.2) is 9.97 Å². The molecule has 0 atom stereocenters. The quantitative estimate of drug-likeness (QED) is 0.791. The summed E-state index contributed by atoms with van der Waals surface area (Å²) < 4.78 is 18.8. The summed E-state index contributed by atoms with van der Waals surface area (Å²) in [4.78, 5) is 7.10.